The molecular formula is C14H15ClINO2S. The van der Waals surface area contributed by atoms with Crippen molar-refractivity contribution in [3.05, 3.63) is 49.2 Å². The molecular weight excluding hydrogens is 409 g/mol. The predicted molar refractivity (Wildman–Crippen MR) is 92.6 cm³/mol. The molecule has 1 heterocycles. The fourth-order valence-electron chi connectivity index (χ4n) is 1.61. The molecule has 0 fully saturated rings. The maximum absolute atomic E-state index is 9.87. The van der Waals surface area contributed by atoms with Gasteiger partial charge in [-0.05, 0) is 52.2 Å². The number of hydrogen-bond acceptors (Lipinski definition) is 4. The van der Waals surface area contributed by atoms with Crippen LogP contribution in [0.1, 0.15) is 4.88 Å². The Morgan fingerprint density at radius 1 is 1.40 bits per heavy atom. The zero-order valence-electron chi connectivity index (χ0n) is 10.7. The Morgan fingerprint density at radius 2 is 2.25 bits per heavy atom. The third-order valence-corrected chi connectivity index (χ3v) is 4.57. The molecule has 1 atom stereocenters. The van der Waals surface area contributed by atoms with Crippen molar-refractivity contribution in [1.82, 2.24) is 0 Å². The third-order valence-electron chi connectivity index (χ3n) is 2.59. The van der Waals surface area contributed by atoms with Gasteiger partial charge in [0.05, 0.1) is 19.3 Å². The summed E-state index contributed by atoms with van der Waals surface area (Å²) in [6.07, 6.45) is -0.540. The highest BCUT2D eigenvalue weighted by atomic mass is 127. The molecule has 3 nitrogen and oxygen atoms in total. The topological polar surface area (TPSA) is 41.5 Å². The SMILES string of the molecule is OC(CNc1ccc(Cl)cc1I)COCc1cccs1. The van der Waals surface area contributed by atoms with Crippen molar-refractivity contribution >= 4 is 51.2 Å². The van der Waals surface area contributed by atoms with E-state index in [9.17, 15) is 5.11 Å². The van der Waals surface area contributed by atoms with Crippen LogP contribution in [0, 0.1) is 3.57 Å². The molecule has 2 N–H and O–H groups in total. The number of hydrogen-bond donors (Lipinski definition) is 2. The van der Waals surface area contributed by atoms with E-state index >= 15 is 0 Å². The molecule has 0 aliphatic carbocycles. The summed E-state index contributed by atoms with van der Waals surface area (Å²) >= 11 is 9.76. The van der Waals surface area contributed by atoms with Crippen molar-refractivity contribution in [2.45, 2.75) is 12.7 Å². The van der Waals surface area contributed by atoms with Gasteiger partial charge < -0.3 is 15.2 Å². The van der Waals surface area contributed by atoms with Gasteiger partial charge in [0, 0.05) is 25.7 Å². The van der Waals surface area contributed by atoms with Gasteiger partial charge in [0.15, 0.2) is 0 Å². The van der Waals surface area contributed by atoms with Gasteiger partial charge >= 0.3 is 0 Å². The number of aliphatic hydroxyl groups is 1. The van der Waals surface area contributed by atoms with Gasteiger partial charge in [-0.25, -0.2) is 0 Å². The fourth-order valence-corrected chi connectivity index (χ4v) is 3.31. The van der Waals surface area contributed by atoms with Crippen LogP contribution >= 0.6 is 45.5 Å². The first-order valence-corrected chi connectivity index (χ1v) is 8.46. The maximum Gasteiger partial charge on any atom is 0.0945 e. The molecule has 0 amide bonds. The van der Waals surface area contributed by atoms with Crippen molar-refractivity contribution in [2.75, 3.05) is 18.5 Å². The number of aliphatic hydroxyl groups excluding tert-OH is 1. The molecule has 20 heavy (non-hydrogen) atoms. The Kier molecular flexibility index (Phi) is 6.57. The summed E-state index contributed by atoms with van der Waals surface area (Å²) in [5.74, 6) is 0. The highest BCUT2D eigenvalue weighted by Gasteiger charge is 2.06. The molecule has 0 spiro atoms. The van der Waals surface area contributed by atoms with Gasteiger partial charge in [0.2, 0.25) is 0 Å². The Labute approximate surface area is 141 Å². The first-order valence-electron chi connectivity index (χ1n) is 6.12. The second kappa shape index (κ2) is 8.19. The van der Waals surface area contributed by atoms with Crippen LogP contribution in [0.4, 0.5) is 5.69 Å². The van der Waals surface area contributed by atoms with Crippen molar-refractivity contribution in [3.8, 4) is 0 Å². The zero-order valence-corrected chi connectivity index (χ0v) is 14.4. The number of benzene rings is 1. The Bertz CT molecular complexity index is 536. The third kappa shape index (κ3) is 5.21. The average molecular weight is 424 g/mol. The Morgan fingerprint density at radius 3 is 2.95 bits per heavy atom. The van der Waals surface area contributed by atoms with Crippen LogP contribution in [0.3, 0.4) is 0 Å². The van der Waals surface area contributed by atoms with Crippen LogP contribution in [-0.4, -0.2) is 24.4 Å². The van der Waals surface area contributed by atoms with Crippen LogP contribution in [0.25, 0.3) is 0 Å². The fraction of sp³-hybridized carbons (Fsp3) is 0.286. The molecule has 0 bridgehead atoms. The van der Waals surface area contributed by atoms with E-state index in [0.29, 0.717) is 24.8 Å². The molecule has 108 valence electrons. The first-order chi connectivity index (χ1) is 9.65. The van der Waals surface area contributed by atoms with Crippen molar-refractivity contribution in [3.63, 3.8) is 0 Å². The van der Waals surface area contributed by atoms with Crippen LogP contribution in [0.2, 0.25) is 5.02 Å². The van der Waals surface area contributed by atoms with Gasteiger partial charge in [0.25, 0.3) is 0 Å². The highest BCUT2D eigenvalue weighted by Crippen LogP contribution is 2.22. The van der Waals surface area contributed by atoms with Gasteiger partial charge in [0.1, 0.15) is 0 Å². The number of halogens is 2. The van der Waals surface area contributed by atoms with Gasteiger partial charge in [-0.1, -0.05) is 17.7 Å². The van der Waals surface area contributed by atoms with E-state index in [1.165, 1.54) is 0 Å². The van der Waals surface area contributed by atoms with Gasteiger partial charge in [-0.2, -0.15) is 0 Å². The van der Waals surface area contributed by atoms with E-state index in [1.807, 2.05) is 35.7 Å². The molecule has 0 aliphatic heterocycles. The summed E-state index contributed by atoms with van der Waals surface area (Å²) in [5.41, 5.74) is 0.965. The minimum Gasteiger partial charge on any atom is -0.389 e. The normalized spacial score (nSPS) is 12.3. The molecule has 0 aliphatic rings. The Hall–Kier alpha value is -0.340. The molecule has 0 saturated heterocycles. The van der Waals surface area contributed by atoms with Crippen LogP contribution in [0.15, 0.2) is 35.7 Å². The molecule has 6 heteroatoms. The monoisotopic (exact) mass is 423 g/mol. The largest absolute Gasteiger partial charge is 0.389 e. The minimum atomic E-state index is -0.540. The highest BCUT2D eigenvalue weighted by molar-refractivity contribution is 14.1. The standard InChI is InChI=1S/C14H15ClINO2S/c15-10-3-4-14(13(16)6-10)17-7-11(18)8-19-9-12-2-1-5-20-12/h1-6,11,17-18H,7-9H2. The van der Waals surface area contributed by atoms with E-state index in [0.717, 1.165) is 14.1 Å². The molecule has 1 unspecified atom stereocenters. The van der Waals surface area contributed by atoms with Gasteiger partial charge in [-0.15, -0.1) is 11.3 Å². The lowest BCUT2D eigenvalue weighted by atomic mass is 10.3. The van der Waals surface area contributed by atoms with Crippen molar-refractivity contribution in [2.24, 2.45) is 0 Å². The second-order valence-electron chi connectivity index (χ2n) is 4.25. The van der Waals surface area contributed by atoms with E-state index < -0.39 is 6.10 Å². The summed E-state index contributed by atoms with van der Waals surface area (Å²) in [5, 5.41) is 15.8. The van der Waals surface area contributed by atoms with E-state index in [-0.39, 0.29) is 0 Å². The number of anilines is 1. The summed E-state index contributed by atoms with van der Waals surface area (Å²) in [4.78, 5) is 1.16. The van der Waals surface area contributed by atoms with Crippen molar-refractivity contribution in [1.29, 1.82) is 0 Å². The smallest absolute Gasteiger partial charge is 0.0945 e. The lowest BCUT2D eigenvalue weighted by Crippen LogP contribution is -2.25. The van der Waals surface area contributed by atoms with Crippen LogP contribution in [-0.2, 0) is 11.3 Å². The lowest BCUT2D eigenvalue weighted by molar-refractivity contribution is 0.0359. The number of rotatable bonds is 7. The number of nitrogens with one attached hydrogen (secondary N) is 1. The van der Waals surface area contributed by atoms with E-state index in [4.69, 9.17) is 16.3 Å². The summed E-state index contributed by atoms with van der Waals surface area (Å²) in [6.45, 7) is 1.31. The van der Waals surface area contributed by atoms with E-state index in [1.54, 1.807) is 11.3 Å². The molecule has 2 rings (SSSR count). The summed E-state index contributed by atoms with van der Waals surface area (Å²) in [7, 11) is 0. The van der Waals surface area contributed by atoms with E-state index in [2.05, 4.69) is 27.9 Å². The van der Waals surface area contributed by atoms with Crippen molar-refractivity contribution < 1.29 is 9.84 Å². The summed E-state index contributed by atoms with van der Waals surface area (Å²) in [6, 6.07) is 9.62. The first kappa shape index (κ1) is 16.0. The molecule has 1 aromatic heterocycles. The molecule has 0 saturated carbocycles. The zero-order chi connectivity index (χ0) is 14.4. The summed E-state index contributed by atoms with van der Waals surface area (Å²) < 4.78 is 6.50. The lowest BCUT2D eigenvalue weighted by Gasteiger charge is -2.14. The average Bonchev–Trinajstić information content (AvgIpc) is 2.91. The van der Waals surface area contributed by atoms with Crippen LogP contribution < -0.4 is 5.32 Å². The number of ether oxygens (including phenoxy) is 1. The predicted octanol–water partition coefficient (Wildman–Crippen LogP) is 4.00. The molecule has 1 aromatic carbocycles. The number of thiophene rings is 1. The van der Waals surface area contributed by atoms with Gasteiger partial charge in [-0.3, -0.25) is 0 Å². The van der Waals surface area contributed by atoms with Crippen LogP contribution in [0.5, 0.6) is 0 Å². The molecule has 0 radical (unpaired) electrons. The Balaban J connectivity index is 1.70. The minimum absolute atomic E-state index is 0.315. The quantitative estimate of drug-likeness (QED) is 0.662. The maximum atomic E-state index is 9.87. The molecule has 2 aromatic rings. The second-order valence-corrected chi connectivity index (χ2v) is 6.88.